The topological polar surface area (TPSA) is 62.2 Å². The number of carboxylic acid groups (broad SMARTS) is 1. The van der Waals surface area contributed by atoms with Crippen LogP contribution in [0, 0.1) is 0 Å². The Morgan fingerprint density at radius 3 is 2.72 bits per heavy atom. The first-order valence-corrected chi connectivity index (χ1v) is 5.92. The van der Waals surface area contributed by atoms with Gasteiger partial charge in [0.2, 0.25) is 0 Å². The molecule has 1 heterocycles. The number of aliphatic carboxylic acids is 1. The summed E-state index contributed by atoms with van der Waals surface area (Å²) in [6, 6.07) is 11.5. The highest BCUT2D eigenvalue weighted by Gasteiger charge is 2.31. The monoisotopic (exact) mass is 244 g/mol. The van der Waals surface area contributed by atoms with Crippen LogP contribution in [0.4, 0.5) is 5.82 Å². The molecule has 1 aromatic carbocycles. The summed E-state index contributed by atoms with van der Waals surface area (Å²) in [5.74, 6) is -0.291. The van der Waals surface area contributed by atoms with Gasteiger partial charge in [0.05, 0.1) is 5.52 Å². The molecule has 1 aromatic heterocycles. The molecule has 0 aliphatic carbocycles. The number of nitrogens with one attached hydrogen (secondary N) is 1. The van der Waals surface area contributed by atoms with Crippen molar-refractivity contribution in [1.82, 2.24) is 4.98 Å². The summed E-state index contributed by atoms with van der Waals surface area (Å²) < 4.78 is 0. The lowest BCUT2D eigenvalue weighted by molar-refractivity contribution is -0.141. The van der Waals surface area contributed by atoms with Crippen LogP contribution in [0.2, 0.25) is 0 Å². The van der Waals surface area contributed by atoms with Crippen molar-refractivity contribution in [2.75, 3.05) is 5.32 Å². The van der Waals surface area contributed by atoms with Gasteiger partial charge < -0.3 is 10.4 Å². The third-order valence-corrected chi connectivity index (χ3v) is 3.18. The molecule has 18 heavy (non-hydrogen) atoms. The van der Waals surface area contributed by atoms with Crippen LogP contribution < -0.4 is 5.32 Å². The van der Waals surface area contributed by atoms with E-state index >= 15 is 0 Å². The van der Waals surface area contributed by atoms with Gasteiger partial charge in [-0.15, -0.1) is 0 Å². The van der Waals surface area contributed by atoms with Gasteiger partial charge in [0.25, 0.3) is 0 Å². The average Bonchev–Trinajstić information content (AvgIpc) is 2.38. The molecular formula is C14H16N2O2. The van der Waals surface area contributed by atoms with Gasteiger partial charge in [0.15, 0.2) is 0 Å². The molecule has 0 radical (unpaired) electrons. The maximum Gasteiger partial charge on any atom is 0.329 e. The van der Waals surface area contributed by atoms with Crippen LogP contribution >= 0.6 is 0 Å². The highest BCUT2D eigenvalue weighted by atomic mass is 16.4. The van der Waals surface area contributed by atoms with Gasteiger partial charge in [0.1, 0.15) is 11.4 Å². The van der Waals surface area contributed by atoms with E-state index in [0.29, 0.717) is 12.2 Å². The second kappa shape index (κ2) is 4.64. The Hall–Kier alpha value is -2.10. The number of anilines is 1. The molecule has 0 spiro atoms. The number of nitrogens with zero attached hydrogens (tertiary/aromatic N) is 1. The Bertz CT molecular complexity index is 583. The summed E-state index contributed by atoms with van der Waals surface area (Å²) in [4.78, 5) is 15.6. The lowest BCUT2D eigenvalue weighted by atomic mass is 9.99. The van der Waals surface area contributed by atoms with E-state index < -0.39 is 11.5 Å². The number of hydrogen-bond acceptors (Lipinski definition) is 3. The maximum absolute atomic E-state index is 11.2. The smallest absolute Gasteiger partial charge is 0.329 e. The molecule has 0 saturated heterocycles. The van der Waals surface area contributed by atoms with Gasteiger partial charge in [-0.05, 0) is 31.5 Å². The van der Waals surface area contributed by atoms with Gasteiger partial charge >= 0.3 is 5.97 Å². The molecule has 0 aliphatic heterocycles. The van der Waals surface area contributed by atoms with Crippen LogP contribution in [-0.4, -0.2) is 21.6 Å². The van der Waals surface area contributed by atoms with E-state index in [1.54, 1.807) is 13.0 Å². The summed E-state index contributed by atoms with van der Waals surface area (Å²) in [7, 11) is 0. The minimum Gasteiger partial charge on any atom is -0.480 e. The summed E-state index contributed by atoms with van der Waals surface area (Å²) in [5.41, 5.74) is -0.138. The fourth-order valence-electron chi connectivity index (χ4n) is 1.71. The van der Waals surface area contributed by atoms with Gasteiger partial charge in [-0.3, -0.25) is 0 Å². The van der Waals surface area contributed by atoms with Crippen molar-refractivity contribution >= 4 is 22.7 Å². The highest BCUT2D eigenvalue weighted by molar-refractivity contribution is 5.84. The van der Waals surface area contributed by atoms with Gasteiger partial charge in [-0.2, -0.15) is 0 Å². The lowest BCUT2D eigenvalue weighted by Crippen LogP contribution is -2.42. The van der Waals surface area contributed by atoms with E-state index in [2.05, 4.69) is 10.3 Å². The fraction of sp³-hybridized carbons (Fsp3) is 0.286. The van der Waals surface area contributed by atoms with Crippen LogP contribution in [0.3, 0.4) is 0 Å². The molecule has 1 unspecified atom stereocenters. The Balaban J connectivity index is 2.34. The summed E-state index contributed by atoms with van der Waals surface area (Å²) in [5, 5.41) is 13.2. The van der Waals surface area contributed by atoms with Gasteiger partial charge in [-0.1, -0.05) is 25.1 Å². The second-order valence-electron chi connectivity index (χ2n) is 4.51. The van der Waals surface area contributed by atoms with Crippen molar-refractivity contribution in [3.63, 3.8) is 0 Å². The van der Waals surface area contributed by atoms with Crippen molar-refractivity contribution < 1.29 is 9.90 Å². The van der Waals surface area contributed by atoms with Crippen LogP contribution in [0.25, 0.3) is 10.9 Å². The molecule has 0 fully saturated rings. The molecule has 0 saturated carbocycles. The number of carboxylic acids is 1. The summed E-state index contributed by atoms with van der Waals surface area (Å²) in [6.45, 7) is 3.49. The fourth-order valence-corrected chi connectivity index (χ4v) is 1.71. The molecule has 4 heteroatoms. The number of rotatable bonds is 4. The predicted octanol–water partition coefficient (Wildman–Crippen LogP) is 2.90. The first kappa shape index (κ1) is 12.4. The highest BCUT2D eigenvalue weighted by Crippen LogP contribution is 2.20. The zero-order valence-corrected chi connectivity index (χ0v) is 10.5. The largest absolute Gasteiger partial charge is 0.480 e. The van der Waals surface area contributed by atoms with Crippen molar-refractivity contribution in [2.24, 2.45) is 0 Å². The number of pyridine rings is 1. The minimum atomic E-state index is -0.991. The normalized spacial score (nSPS) is 14.1. The summed E-state index contributed by atoms with van der Waals surface area (Å²) >= 11 is 0. The van der Waals surface area contributed by atoms with Crippen molar-refractivity contribution in [1.29, 1.82) is 0 Å². The van der Waals surface area contributed by atoms with Crippen molar-refractivity contribution in [2.45, 2.75) is 25.8 Å². The third-order valence-electron chi connectivity index (χ3n) is 3.18. The zero-order chi connectivity index (χ0) is 13.2. The number of aromatic nitrogens is 1. The molecule has 94 valence electrons. The minimum absolute atomic E-state index is 0.483. The molecule has 0 aliphatic rings. The molecular weight excluding hydrogens is 228 g/mol. The second-order valence-corrected chi connectivity index (χ2v) is 4.51. The Morgan fingerprint density at radius 1 is 1.33 bits per heavy atom. The first-order chi connectivity index (χ1) is 8.55. The van der Waals surface area contributed by atoms with Crippen molar-refractivity contribution in [3.05, 3.63) is 36.4 Å². The number of para-hydroxylation sites is 1. The van der Waals surface area contributed by atoms with Crippen LogP contribution in [0.15, 0.2) is 36.4 Å². The third kappa shape index (κ3) is 2.27. The van der Waals surface area contributed by atoms with E-state index in [4.69, 9.17) is 0 Å². The molecule has 2 N–H and O–H groups in total. The average molecular weight is 244 g/mol. The standard InChI is InChI=1S/C14H16N2O2/c1-3-14(2,13(17)18)16-12-9-8-10-6-4-5-7-11(10)15-12/h4-9H,3H2,1-2H3,(H,15,16)(H,17,18). The Labute approximate surface area is 106 Å². The Kier molecular flexibility index (Phi) is 3.19. The number of benzene rings is 1. The SMILES string of the molecule is CCC(C)(Nc1ccc2ccccc2n1)C(=O)O. The lowest BCUT2D eigenvalue weighted by Gasteiger charge is -2.25. The Morgan fingerprint density at radius 2 is 2.06 bits per heavy atom. The van der Waals surface area contributed by atoms with Gasteiger partial charge in [0, 0.05) is 5.39 Å². The van der Waals surface area contributed by atoms with E-state index in [9.17, 15) is 9.90 Å². The molecule has 4 nitrogen and oxygen atoms in total. The number of carbonyl (C=O) groups is 1. The summed E-state index contributed by atoms with van der Waals surface area (Å²) in [6.07, 6.45) is 0.483. The maximum atomic E-state index is 11.2. The molecule has 0 bridgehead atoms. The molecule has 2 rings (SSSR count). The molecule has 1 atom stereocenters. The first-order valence-electron chi connectivity index (χ1n) is 5.92. The van der Waals surface area contributed by atoms with Crippen molar-refractivity contribution in [3.8, 4) is 0 Å². The molecule has 0 amide bonds. The van der Waals surface area contributed by atoms with Crippen LogP contribution in [0.5, 0.6) is 0 Å². The number of hydrogen-bond donors (Lipinski definition) is 2. The van der Waals surface area contributed by atoms with E-state index in [-0.39, 0.29) is 0 Å². The van der Waals surface area contributed by atoms with E-state index in [1.165, 1.54) is 0 Å². The van der Waals surface area contributed by atoms with E-state index in [0.717, 1.165) is 10.9 Å². The predicted molar refractivity (Wildman–Crippen MR) is 71.7 cm³/mol. The molecule has 2 aromatic rings. The van der Waals surface area contributed by atoms with Crippen LogP contribution in [-0.2, 0) is 4.79 Å². The zero-order valence-electron chi connectivity index (χ0n) is 10.5. The number of fused-ring (bicyclic) bond motifs is 1. The van der Waals surface area contributed by atoms with Crippen LogP contribution in [0.1, 0.15) is 20.3 Å². The van der Waals surface area contributed by atoms with Gasteiger partial charge in [-0.25, -0.2) is 9.78 Å². The quantitative estimate of drug-likeness (QED) is 0.868. The van der Waals surface area contributed by atoms with E-state index in [1.807, 2.05) is 37.3 Å².